The molecule has 0 bridgehead atoms. The predicted octanol–water partition coefficient (Wildman–Crippen LogP) is 8.87. The predicted molar refractivity (Wildman–Crippen MR) is 161 cm³/mol. The fourth-order valence-electron chi connectivity index (χ4n) is 7.24. The van der Waals surface area contributed by atoms with Gasteiger partial charge >= 0.3 is 0 Å². The first-order chi connectivity index (χ1) is 19.8. The van der Waals surface area contributed by atoms with Gasteiger partial charge in [0.1, 0.15) is 11.2 Å². The average molecular weight is 518 g/mol. The van der Waals surface area contributed by atoms with Gasteiger partial charge in [0.15, 0.2) is 0 Å². The lowest BCUT2D eigenvalue weighted by atomic mass is 9.84. The third kappa shape index (κ3) is 3.13. The summed E-state index contributed by atoms with van der Waals surface area (Å²) in [6.07, 6.45) is 8.31. The first-order valence-corrected chi connectivity index (χ1v) is 14.3. The number of aryl methyl sites for hydroxylation is 2. The third-order valence-electron chi connectivity index (χ3n) is 9.01. The Bertz CT molecular complexity index is 2000. The molecular formula is C36H27N3O. The normalized spacial score (nSPS) is 18.7. The Balaban J connectivity index is 1.32. The number of rotatable bonds is 2. The zero-order chi connectivity index (χ0) is 26.2. The van der Waals surface area contributed by atoms with Crippen LogP contribution in [0.3, 0.4) is 0 Å². The van der Waals surface area contributed by atoms with E-state index < -0.39 is 0 Å². The largest absolute Gasteiger partial charge is 0.456 e. The van der Waals surface area contributed by atoms with Crippen molar-refractivity contribution in [3.63, 3.8) is 0 Å². The van der Waals surface area contributed by atoms with Crippen LogP contribution in [0.2, 0.25) is 0 Å². The molecule has 0 fully saturated rings. The van der Waals surface area contributed by atoms with Crippen molar-refractivity contribution in [3.05, 3.63) is 119 Å². The lowest BCUT2D eigenvalue weighted by Gasteiger charge is -2.24. The van der Waals surface area contributed by atoms with Gasteiger partial charge in [0.25, 0.3) is 0 Å². The minimum absolute atomic E-state index is 0.00584. The summed E-state index contributed by atoms with van der Waals surface area (Å²) in [7, 11) is 0. The van der Waals surface area contributed by atoms with Crippen molar-refractivity contribution >= 4 is 33.7 Å². The van der Waals surface area contributed by atoms with Crippen LogP contribution in [-0.4, -0.2) is 9.97 Å². The number of fused-ring (bicyclic) bond motifs is 3. The monoisotopic (exact) mass is 517 g/mol. The van der Waals surface area contributed by atoms with Gasteiger partial charge in [0, 0.05) is 27.9 Å². The van der Waals surface area contributed by atoms with E-state index in [1.54, 1.807) is 0 Å². The number of hydrogen-bond acceptors (Lipinski definition) is 4. The lowest BCUT2D eigenvalue weighted by Crippen LogP contribution is -2.18. The van der Waals surface area contributed by atoms with Crippen molar-refractivity contribution < 1.29 is 4.42 Å². The van der Waals surface area contributed by atoms with E-state index in [4.69, 9.17) is 14.4 Å². The summed E-state index contributed by atoms with van der Waals surface area (Å²) in [5.74, 6) is 0.223. The van der Waals surface area contributed by atoms with Gasteiger partial charge < -0.3 is 9.73 Å². The first kappa shape index (κ1) is 22.2. The van der Waals surface area contributed by atoms with Crippen LogP contribution in [0.5, 0.6) is 0 Å². The van der Waals surface area contributed by atoms with Crippen LogP contribution >= 0.6 is 0 Å². The van der Waals surface area contributed by atoms with E-state index >= 15 is 0 Å². The summed E-state index contributed by atoms with van der Waals surface area (Å²) >= 11 is 0. The zero-order valence-corrected chi connectivity index (χ0v) is 22.0. The molecule has 3 aliphatic rings. The Morgan fingerprint density at radius 1 is 0.750 bits per heavy atom. The molecule has 2 aromatic heterocycles. The second-order valence-corrected chi connectivity index (χ2v) is 11.2. The highest BCUT2D eigenvalue weighted by atomic mass is 16.3. The molecule has 9 rings (SSSR count). The molecular weight excluding hydrogens is 490 g/mol. The van der Waals surface area contributed by atoms with E-state index in [1.807, 2.05) is 0 Å². The second kappa shape index (κ2) is 8.40. The Labute approximate surface area is 232 Å². The van der Waals surface area contributed by atoms with Crippen molar-refractivity contribution in [1.29, 1.82) is 0 Å². The van der Waals surface area contributed by atoms with Crippen molar-refractivity contribution in [2.75, 3.05) is 5.32 Å². The molecule has 4 aromatic carbocycles. The molecule has 2 unspecified atom stereocenters. The highest BCUT2D eigenvalue weighted by molar-refractivity contribution is 6.15. The van der Waals surface area contributed by atoms with Gasteiger partial charge in [-0.1, -0.05) is 72.8 Å². The smallest absolute Gasteiger partial charge is 0.136 e. The number of benzene rings is 4. The molecule has 3 heterocycles. The first-order valence-electron chi connectivity index (χ1n) is 14.3. The van der Waals surface area contributed by atoms with Crippen LogP contribution in [0.25, 0.3) is 50.4 Å². The Hall–Kier alpha value is -4.70. The summed E-state index contributed by atoms with van der Waals surface area (Å²) in [6, 6.07) is 30.3. The standard InChI is InChI=1S/C36H27N3O/c1-2-10-22(11-3-1)34-36(38-27-15-7-6-14-26(27)37-34)35-25-18-17-21-9-4-5-12-23(21)24-13-8-16-29-32(24)33-30(40-29)20-19-28(39-35)31(25)33/h1-5,7-13,15-16,19-20,25,35,39H,6,14,17-18H2. The van der Waals surface area contributed by atoms with E-state index in [9.17, 15) is 0 Å². The molecule has 0 amide bonds. The van der Waals surface area contributed by atoms with Gasteiger partial charge in [-0.15, -0.1) is 0 Å². The van der Waals surface area contributed by atoms with Gasteiger partial charge in [-0.25, -0.2) is 9.97 Å². The fraction of sp³-hybridized carbons (Fsp3) is 0.167. The molecule has 6 aromatic rings. The quantitative estimate of drug-likeness (QED) is 0.249. The van der Waals surface area contributed by atoms with Gasteiger partial charge in [0.2, 0.25) is 0 Å². The minimum atomic E-state index is 0.00584. The number of hydrogen-bond donors (Lipinski definition) is 1. The Morgan fingerprint density at radius 2 is 1.60 bits per heavy atom. The molecule has 0 saturated heterocycles. The van der Waals surface area contributed by atoms with Gasteiger partial charge in [-0.3, -0.25) is 0 Å². The van der Waals surface area contributed by atoms with Crippen LogP contribution in [0, 0.1) is 0 Å². The number of furan rings is 1. The molecule has 1 aliphatic heterocycles. The molecule has 40 heavy (non-hydrogen) atoms. The highest BCUT2D eigenvalue weighted by Crippen LogP contribution is 2.54. The third-order valence-corrected chi connectivity index (χ3v) is 9.01. The average Bonchev–Trinajstić information content (AvgIpc) is 3.59. The summed E-state index contributed by atoms with van der Waals surface area (Å²) in [6.45, 7) is 0. The maximum atomic E-state index is 6.50. The molecule has 4 heteroatoms. The van der Waals surface area contributed by atoms with Crippen molar-refractivity contribution in [2.45, 2.75) is 37.6 Å². The second-order valence-electron chi connectivity index (χ2n) is 11.2. The van der Waals surface area contributed by atoms with Crippen LogP contribution in [0.15, 0.2) is 95.4 Å². The van der Waals surface area contributed by atoms with Crippen LogP contribution in [-0.2, 0) is 12.8 Å². The summed E-state index contributed by atoms with van der Waals surface area (Å²) in [5.41, 5.74) is 13.6. The SMILES string of the molecule is C1=Cc2nc(C3Nc4ccc5oc6cccc7c6c5c4C3CCc3ccccc3-7)c(-c3ccccc3)nc2CC1. The molecule has 0 radical (unpaired) electrons. The van der Waals surface area contributed by atoms with Gasteiger partial charge in [-0.05, 0) is 72.2 Å². The zero-order valence-electron chi connectivity index (χ0n) is 22.0. The van der Waals surface area contributed by atoms with Gasteiger partial charge in [-0.2, -0.15) is 0 Å². The number of anilines is 1. The number of aromatic nitrogens is 2. The summed E-state index contributed by atoms with van der Waals surface area (Å²) in [4.78, 5) is 10.6. The summed E-state index contributed by atoms with van der Waals surface area (Å²) < 4.78 is 6.50. The highest BCUT2D eigenvalue weighted by Gasteiger charge is 2.39. The fourth-order valence-corrected chi connectivity index (χ4v) is 7.24. The minimum Gasteiger partial charge on any atom is -0.456 e. The van der Waals surface area contributed by atoms with E-state index in [0.717, 1.165) is 65.2 Å². The van der Waals surface area contributed by atoms with Gasteiger partial charge in [0.05, 0.1) is 28.8 Å². The number of nitrogens with zero attached hydrogens (tertiary/aromatic N) is 2. The van der Waals surface area contributed by atoms with Crippen LogP contribution < -0.4 is 5.32 Å². The summed E-state index contributed by atoms with van der Waals surface area (Å²) in [5, 5.41) is 6.41. The molecule has 4 nitrogen and oxygen atoms in total. The molecule has 0 spiro atoms. The van der Waals surface area contributed by atoms with E-state index in [-0.39, 0.29) is 12.0 Å². The van der Waals surface area contributed by atoms with Crippen LogP contribution in [0.4, 0.5) is 5.69 Å². The Morgan fingerprint density at radius 3 is 2.55 bits per heavy atom. The van der Waals surface area contributed by atoms with Crippen molar-refractivity contribution in [1.82, 2.24) is 9.97 Å². The van der Waals surface area contributed by atoms with E-state index in [0.29, 0.717) is 0 Å². The molecule has 2 aliphatic carbocycles. The van der Waals surface area contributed by atoms with Crippen molar-refractivity contribution in [2.24, 2.45) is 0 Å². The van der Waals surface area contributed by atoms with E-state index in [1.165, 1.54) is 38.7 Å². The Kier molecular flexibility index (Phi) is 4.65. The number of nitrogens with one attached hydrogen (secondary N) is 1. The molecule has 2 atom stereocenters. The molecule has 1 N–H and O–H groups in total. The number of allylic oxidation sites excluding steroid dienone is 1. The maximum Gasteiger partial charge on any atom is 0.136 e. The molecule has 192 valence electrons. The lowest BCUT2D eigenvalue weighted by molar-refractivity contribution is 0.563. The van der Waals surface area contributed by atoms with Crippen LogP contribution in [0.1, 0.15) is 53.0 Å². The maximum absolute atomic E-state index is 6.50. The van der Waals surface area contributed by atoms with E-state index in [2.05, 4.69) is 102 Å². The topological polar surface area (TPSA) is 51.0 Å². The van der Waals surface area contributed by atoms with Crippen molar-refractivity contribution in [3.8, 4) is 22.4 Å². The molecule has 0 saturated carbocycles.